The zero-order chi connectivity index (χ0) is 15.6. The van der Waals surface area contributed by atoms with Gasteiger partial charge in [0.2, 0.25) is 5.91 Å². The molecule has 0 unspecified atom stereocenters. The SMILES string of the molecule is O=C1CCCN1[C@@H]1CN(Cc2ccncc2)C[C@@H]2CCCO[C@@H]21. The second kappa shape index (κ2) is 6.57. The lowest BCUT2D eigenvalue weighted by molar-refractivity contribution is -0.145. The second-order valence-corrected chi connectivity index (χ2v) is 7.05. The molecule has 3 saturated heterocycles. The molecular formula is C18H25N3O2. The van der Waals surface area contributed by atoms with Crippen LogP contribution in [-0.2, 0) is 16.1 Å². The highest BCUT2D eigenvalue weighted by molar-refractivity contribution is 5.78. The molecule has 4 rings (SSSR count). The van der Waals surface area contributed by atoms with Crippen LogP contribution in [0.15, 0.2) is 24.5 Å². The quantitative estimate of drug-likeness (QED) is 0.851. The van der Waals surface area contributed by atoms with E-state index in [9.17, 15) is 4.79 Å². The molecule has 3 aliphatic rings. The fraction of sp³-hybridized carbons (Fsp3) is 0.667. The predicted molar refractivity (Wildman–Crippen MR) is 86.7 cm³/mol. The van der Waals surface area contributed by atoms with Gasteiger partial charge in [0.05, 0.1) is 12.1 Å². The summed E-state index contributed by atoms with van der Waals surface area (Å²) in [6, 6.07) is 4.39. The van der Waals surface area contributed by atoms with Gasteiger partial charge in [-0.3, -0.25) is 14.7 Å². The van der Waals surface area contributed by atoms with Gasteiger partial charge in [-0.15, -0.1) is 0 Å². The van der Waals surface area contributed by atoms with Gasteiger partial charge in [0.25, 0.3) is 0 Å². The maximum absolute atomic E-state index is 12.3. The van der Waals surface area contributed by atoms with Crippen molar-refractivity contribution in [1.82, 2.24) is 14.8 Å². The van der Waals surface area contributed by atoms with Crippen molar-refractivity contribution in [3.8, 4) is 0 Å². The summed E-state index contributed by atoms with van der Waals surface area (Å²) in [6.45, 7) is 4.69. The first-order chi connectivity index (χ1) is 11.3. The standard InChI is InChI=1S/C18H25N3O2/c22-17-4-1-9-21(17)16-13-20(11-14-5-7-19-8-6-14)12-15-3-2-10-23-18(15)16/h5-8,15-16,18H,1-4,9-13H2/t15-,16+,18-/m0/s1. The average molecular weight is 315 g/mol. The molecule has 5 nitrogen and oxygen atoms in total. The molecule has 0 spiro atoms. The van der Waals surface area contributed by atoms with Crippen LogP contribution in [0.4, 0.5) is 0 Å². The largest absolute Gasteiger partial charge is 0.376 e. The van der Waals surface area contributed by atoms with E-state index in [1.807, 2.05) is 12.4 Å². The van der Waals surface area contributed by atoms with Gasteiger partial charge in [-0.2, -0.15) is 0 Å². The molecule has 1 aromatic heterocycles. The maximum Gasteiger partial charge on any atom is 0.223 e. The minimum Gasteiger partial charge on any atom is -0.376 e. The number of hydrogen-bond donors (Lipinski definition) is 0. The highest BCUT2D eigenvalue weighted by Crippen LogP contribution is 2.33. The number of amides is 1. The van der Waals surface area contributed by atoms with E-state index in [2.05, 4.69) is 26.9 Å². The lowest BCUT2D eigenvalue weighted by Gasteiger charge is -2.48. The molecule has 4 heterocycles. The molecule has 0 radical (unpaired) electrons. The molecule has 0 saturated carbocycles. The topological polar surface area (TPSA) is 45.7 Å². The third-order valence-corrected chi connectivity index (χ3v) is 5.48. The van der Waals surface area contributed by atoms with E-state index in [-0.39, 0.29) is 12.1 Å². The van der Waals surface area contributed by atoms with Crippen LogP contribution in [0.5, 0.6) is 0 Å². The van der Waals surface area contributed by atoms with Crippen molar-refractivity contribution in [2.75, 3.05) is 26.2 Å². The molecule has 3 fully saturated rings. The van der Waals surface area contributed by atoms with Gasteiger partial charge in [-0.25, -0.2) is 0 Å². The molecule has 0 bridgehead atoms. The van der Waals surface area contributed by atoms with E-state index in [0.29, 0.717) is 18.2 Å². The summed E-state index contributed by atoms with van der Waals surface area (Å²) in [7, 11) is 0. The van der Waals surface area contributed by atoms with Crippen LogP contribution in [0.2, 0.25) is 0 Å². The summed E-state index contributed by atoms with van der Waals surface area (Å²) in [6.07, 6.45) is 8.01. The lowest BCUT2D eigenvalue weighted by atomic mass is 9.84. The van der Waals surface area contributed by atoms with Crippen LogP contribution in [0.3, 0.4) is 0 Å². The van der Waals surface area contributed by atoms with E-state index in [1.165, 1.54) is 12.0 Å². The first-order valence-corrected chi connectivity index (χ1v) is 8.83. The number of rotatable bonds is 3. The Kier molecular flexibility index (Phi) is 4.31. The Labute approximate surface area is 137 Å². The van der Waals surface area contributed by atoms with Crippen LogP contribution in [0.1, 0.15) is 31.2 Å². The van der Waals surface area contributed by atoms with Crippen LogP contribution in [-0.4, -0.2) is 59.1 Å². The summed E-state index contributed by atoms with van der Waals surface area (Å²) in [5.41, 5.74) is 1.29. The predicted octanol–water partition coefficient (Wildman–Crippen LogP) is 1.68. The summed E-state index contributed by atoms with van der Waals surface area (Å²) in [5.74, 6) is 0.867. The fourth-order valence-corrected chi connectivity index (χ4v) is 4.43. The number of pyridine rings is 1. The van der Waals surface area contributed by atoms with E-state index in [4.69, 9.17) is 4.74 Å². The molecule has 5 heteroatoms. The van der Waals surface area contributed by atoms with Crippen LogP contribution >= 0.6 is 0 Å². The number of hydrogen-bond acceptors (Lipinski definition) is 4. The molecule has 124 valence electrons. The smallest absolute Gasteiger partial charge is 0.223 e. The first kappa shape index (κ1) is 15.1. The van der Waals surface area contributed by atoms with E-state index < -0.39 is 0 Å². The minimum absolute atomic E-state index is 0.228. The number of carbonyl (C=O) groups is 1. The number of nitrogens with zero attached hydrogens (tertiary/aromatic N) is 3. The van der Waals surface area contributed by atoms with Gasteiger partial charge in [-0.05, 0) is 42.9 Å². The van der Waals surface area contributed by atoms with E-state index >= 15 is 0 Å². The molecule has 1 amide bonds. The van der Waals surface area contributed by atoms with E-state index in [0.717, 1.165) is 45.6 Å². The molecule has 0 aliphatic carbocycles. The van der Waals surface area contributed by atoms with Gasteiger partial charge in [0.1, 0.15) is 0 Å². The highest BCUT2D eigenvalue weighted by Gasteiger charge is 2.44. The monoisotopic (exact) mass is 315 g/mol. The molecule has 23 heavy (non-hydrogen) atoms. The normalized spacial score (nSPS) is 32.1. The number of aromatic nitrogens is 1. The average Bonchev–Trinajstić information content (AvgIpc) is 3.01. The Bertz CT molecular complexity index is 550. The van der Waals surface area contributed by atoms with Crippen molar-refractivity contribution < 1.29 is 9.53 Å². The number of ether oxygens (including phenoxy) is 1. The second-order valence-electron chi connectivity index (χ2n) is 7.05. The Morgan fingerprint density at radius 1 is 1.22 bits per heavy atom. The number of fused-ring (bicyclic) bond motifs is 1. The van der Waals surface area contributed by atoms with Crippen LogP contribution < -0.4 is 0 Å². The Morgan fingerprint density at radius 3 is 2.87 bits per heavy atom. The third-order valence-electron chi connectivity index (χ3n) is 5.48. The molecule has 1 aromatic rings. The van der Waals surface area contributed by atoms with Gasteiger partial charge in [0, 0.05) is 51.6 Å². The van der Waals surface area contributed by atoms with Crippen molar-refractivity contribution in [2.24, 2.45) is 5.92 Å². The summed E-state index contributed by atoms with van der Waals surface area (Å²) in [5, 5.41) is 0. The summed E-state index contributed by atoms with van der Waals surface area (Å²) < 4.78 is 6.12. The number of carbonyl (C=O) groups excluding carboxylic acids is 1. The molecule has 0 N–H and O–H groups in total. The zero-order valence-corrected chi connectivity index (χ0v) is 13.6. The third kappa shape index (κ3) is 3.12. The lowest BCUT2D eigenvalue weighted by Crippen LogP contribution is -2.61. The molecule has 0 aromatic carbocycles. The van der Waals surface area contributed by atoms with Gasteiger partial charge >= 0.3 is 0 Å². The van der Waals surface area contributed by atoms with Crippen LogP contribution in [0, 0.1) is 5.92 Å². The number of likely N-dealkylation sites (tertiary alicyclic amines) is 2. The zero-order valence-electron chi connectivity index (χ0n) is 13.6. The van der Waals surface area contributed by atoms with Gasteiger partial charge in [0.15, 0.2) is 0 Å². The Morgan fingerprint density at radius 2 is 2.09 bits per heavy atom. The Balaban J connectivity index is 1.52. The number of piperidine rings is 1. The highest BCUT2D eigenvalue weighted by atomic mass is 16.5. The van der Waals surface area contributed by atoms with Crippen molar-refractivity contribution in [1.29, 1.82) is 0 Å². The van der Waals surface area contributed by atoms with Crippen molar-refractivity contribution >= 4 is 5.91 Å². The minimum atomic E-state index is 0.228. The molecule has 3 aliphatic heterocycles. The maximum atomic E-state index is 12.3. The fourth-order valence-electron chi connectivity index (χ4n) is 4.43. The van der Waals surface area contributed by atoms with E-state index in [1.54, 1.807) is 0 Å². The van der Waals surface area contributed by atoms with Crippen molar-refractivity contribution in [3.63, 3.8) is 0 Å². The van der Waals surface area contributed by atoms with Gasteiger partial charge < -0.3 is 9.64 Å². The first-order valence-electron chi connectivity index (χ1n) is 8.83. The molecular weight excluding hydrogens is 290 g/mol. The van der Waals surface area contributed by atoms with Crippen molar-refractivity contribution in [2.45, 2.75) is 44.4 Å². The van der Waals surface area contributed by atoms with Gasteiger partial charge in [-0.1, -0.05) is 0 Å². The molecule has 3 atom stereocenters. The Hall–Kier alpha value is -1.46. The van der Waals surface area contributed by atoms with Crippen molar-refractivity contribution in [3.05, 3.63) is 30.1 Å². The van der Waals surface area contributed by atoms with Crippen LogP contribution in [0.25, 0.3) is 0 Å². The summed E-state index contributed by atoms with van der Waals surface area (Å²) in [4.78, 5) is 21.0. The summed E-state index contributed by atoms with van der Waals surface area (Å²) >= 11 is 0.